The number of rotatable bonds is 10. The standard InChI is InChI=1S/C26H38ClN7O3S/c1-7-34-10-8-18(9-11-34)19-13-23(37-6)21(12-17(19)4)32-26-30-14-20(27)25(33-26)31-22(15-29-5)24(28)38(35,36)16(2)3/h12-16,18,28-29H,7-11H2,1-6H3,(H2,30,31,32,33)/b22-15+,28-24?. The Morgan fingerprint density at radius 1 is 1.32 bits per heavy atom. The van der Waals surface area contributed by atoms with Gasteiger partial charge in [0.2, 0.25) is 5.95 Å². The van der Waals surface area contributed by atoms with Crippen LogP contribution >= 0.6 is 11.6 Å². The fourth-order valence-corrected chi connectivity index (χ4v) is 5.45. The van der Waals surface area contributed by atoms with E-state index in [1.807, 2.05) is 6.07 Å². The summed E-state index contributed by atoms with van der Waals surface area (Å²) in [7, 11) is -0.593. The second-order valence-corrected chi connectivity index (χ2v) is 12.4. The minimum Gasteiger partial charge on any atom is -0.495 e. The SMILES string of the molecule is CCN1CCC(c2cc(OC)c(Nc3ncc(Cl)c(N/C(=C/NC)C(=N)S(=O)(=O)C(C)C)n3)cc2C)CC1. The van der Waals surface area contributed by atoms with Crippen LogP contribution in [0.2, 0.25) is 5.02 Å². The fourth-order valence-electron chi connectivity index (χ4n) is 4.43. The van der Waals surface area contributed by atoms with Gasteiger partial charge in [-0.25, -0.2) is 13.4 Å². The molecule has 38 heavy (non-hydrogen) atoms. The Kier molecular flexibility index (Phi) is 9.97. The molecule has 3 rings (SSSR count). The van der Waals surface area contributed by atoms with Crippen molar-refractivity contribution in [3.05, 3.63) is 46.4 Å². The molecule has 1 saturated heterocycles. The predicted molar refractivity (Wildman–Crippen MR) is 155 cm³/mol. The molecule has 2 heterocycles. The third-order valence-electron chi connectivity index (χ3n) is 6.74. The van der Waals surface area contributed by atoms with Crippen molar-refractivity contribution in [3.8, 4) is 5.75 Å². The second kappa shape index (κ2) is 12.8. The van der Waals surface area contributed by atoms with E-state index in [1.54, 1.807) is 14.2 Å². The number of anilines is 3. The Bertz CT molecular complexity index is 1290. The molecule has 1 aliphatic rings. The molecule has 1 aromatic carbocycles. The van der Waals surface area contributed by atoms with Gasteiger partial charge >= 0.3 is 0 Å². The first-order valence-corrected chi connectivity index (χ1v) is 14.6. The number of hydrogen-bond donors (Lipinski definition) is 4. The molecule has 0 radical (unpaired) electrons. The lowest BCUT2D eigenvalue weighted by Crippen LogP contribution is -2.32. The Balaban J connectivity index is 1.87. The van der Waals surface area contributed by atoms with Crippen molar-refractivity contribution >= 4 is 43.9 Å². The Labute approximate surface area is 230 Å². The Hall–Kier alpha value is -2.89. The molecule has 0 amide bonds. The average Bonchev–Trinajstić information content (AvgIpc) is 2.90. The van der Waals surface area contributed by atoms with Crippen molar-refractivity contribution in [1.29, 1.82) is 5.41 Å². The number of ether oxygens (including phenoxy) is 1. The van der Waals surface area contributed by atoms with Crippen LogP contribution in [0.1, 0.15) is 50.7 Å². The Morgan fingerprint density at radius 2 is 2.00 bits per heavy atom. The van der Waals surface area contributed by atoms with Crippen LogP contribution in [-0.4, -0.2) is 67.4 Å². The minimum absolute atomic E-state index is 0.0136. The van der Waals surface area contributed by atoms with Gasteiger partial charge in [0.25, 0.3) is 0 Å². The van der Waals surface area contributed by atoms with E-state index < -0.39 is 20.1 Å². The van der Waals surface area contributed by atoms with E-state index in [4.69, 9.17) is 21.7 Å². The average molecular weight is 564 g/mol. The van der Waals surface area contributed by atoms with Gasteiger partial charge in [-0.3, -0.25) is 5.41 Å². The predicted octanol–water partition coefficient (Wildman–Crippen LogP) is 4.66. The maximum Gasteiger partial charge on any atom is 0.229 e. The molecule has 0 spiro atoms. The van der Waals surface area contributed by atoms with Gasteiger partial charge < -0.3 is 25.6 Å². The second-order valence-electron chi connectivity index (χ2n) is 9.53. The number of nitrogens with zero attached hydrogens (tertiary/aromatic N) is 3. The fraction of sp³-hybridized carbons (Fsp3) is 0.500. The highest BCUT2D eigenvalue weighted by atomic mass is 35.5. The van der Waals surface area contributed by atoms with Crippen LogP contribution < -0.4 is 20.7 Å². The van der Waals surface area contributed by atoms with E-state index in [1.165, 1.54) is 31.8 Å². The highest BCUT2D eigenvalue weighted by Crippen LogP contribution is 2.37. The van der Waals surface area contributed by atoms with Crippen molar-refractivity contribution < 1.29 is 13.2 Å². The normalized spacial score (nSPS) is 15.4. The summed E-state index contributed by atoms with van der Waals surface area (Å²) in [5.74, 6) is 1.56. The summed E-state index contributed by atoms with van der Waals surface area (Å²) in [6.07, 6.45) is 5.02. The minimum atomic E-state index is -3.83. The topological polar surface area (TPSA) is 132 Å². The largest absolute Gasteiger partial charge is 0.495 e. The van der Waals surface area contributed by atoms with Crippen molar-refractivity contribution in [3.63, 3.8) is 0 Å². The summed E-state index contributed by atoms with van der Waals surface area (Å²) >= 11 is 6.33. The molecule has 12 heteroatoms. The van der Waals surface area contributed by atoms with Crippen LogP contribution in [0.3, 0.4) is 0 Å². The van der Waals surface area contributed by atoms with Gasteiger partial charge in [-0.1, -0.05) is 18.5 Å². The number of aromatic nitrogens is 2. The first kappa shape index (κ1) is 29.7. The number of aryl methyl sites for hydroxylation is 1. The van der Waals surface area contributed by atoms with Crippen LogP contribution in [0.15, 0.2) is 30.2 Å². The zero-order valence-electron chi connectivity index (χ0n) is 22.9. The molecule has 1 aromatic heterocycles. The zero-order valence-corrected chi connectivity index (χ0v) is 24.4. The molecular formula is C26H38ClN7O3S. The smallest absolute Gasteiger partial charge is 0.229 e. The summed E-state index contributed by atoms with van der Waals surface area (Å²) in [5, 5.41) is 15.9. The molecule has 208 valence electrons. The molecule has 0 saturated carbocycles. The summed E-state index contributed by atoms with van der Waals surface area (Å²) in [5.41, 5.74) is 3.16. The molecule has 10 nitrogen and oxygen atoms in total. The molecule has 4 N–H and O–H groups in total. The lowest BCUT2D eigenvalue weighted by Gasteiger charge is -2.32. The first-order valence-electron chi connectivity index (χ1n) is 12.7. The Morgan fingerprint density at radius 3 is 2.58 bits per heavy atom. The molecule has 1 aliphatic heterocycles. The van der Waals surface area contributed by atoms with E-state index in [0.29, 0.717) is 17.4 Å². The summed E-state index contributed by atoms with van der Waals surface area (Å²) in [6.45, 7) is 10.6. The van der Waals surface area contributed by atoms with Crippen LogP contribution in [0.25, 0.3) is 0 Å². The van der Waals surface area contributed by atoms with Crippen LogP contribution in [0, 0.1) is 12.3 Å². The van der Waals surface area contributed by atoms with E-state index in [2.05, 4.69) is 50.7 Å². The summed E-state index contributed by atoms with van der Waals surface area (Å²) in [4.78, 5) is 11.2. The number of benzene rings is 1. The maximum atomic E-state index is 12.6. The highest BCUT2D eigenvalue weighted by Gasteiger charge is 2.27. The number of methoxy groups -OCH3 is 1. The molecule has 1 fully saturated rings. The van der Waals surface area contributed by atoms with E-state index in [-0.39, 0.29) is 22.5 Å². The van der Waals surface area contributed by atoms with Crippen LogP contribution in [0.4, 0.5) is 17.5 Å². The van der Waals surface area contributed by atoms with Crippen molar-refractivity contribution in [2.24, 2.45) is 0 Å². The van der Waals surface area contributed by atoms with Gasteiger partial charge in [0.1, 0.15) is 10.8 Å². The van der Waals surface area contributed by atoms with Crippen molar-refractivity contribution in [2.45, 2.75) is 51.7 Å². The number of halogens is 1. The monoisotopic (exact) mass is 563 g/mol. The third-order valence-corrected chi connectivity index (χ3v) is 9.05. The molecule has 0 unspecified atom stereocenters. The van der Waals surface area contributed by atoms with E-state index in [0.717, 1.165) is 38.0 Å². The van der Waals surface area contributed by atoms with Gasteiger partial charge in [0.05, 0.1) is 29.9 Å². The lowest BCUT2D eigenvalue weighted by molar-refractivity contribution is 0.222. The first-order chi connectivity index (χ1) is 18.0. The van der Waals surface area contributed by atoms with Gasteiger partial charge in [-0.15, -0.1) is 0 Å². The molecular weight excluding hydrogens is 526 g/mol. The summed E-state index contributed by atoms with van der Waals surface area (Å²) in [6, 6.07) is 4.12. The summed E-state index contributed by atoms with van der Waals surface area (Å²) < 4.78 is 30.9. The number of likely N-dealkylation sites (tertiary alicyclic amines) is 1. The molecule has 2 aromatic rings. The van der Waals surface area contributed by atoms with Gasteiger partial charge in [-0.2, -0.15) is 4.98 Å². The number of piperidine rings is 1. The number of sulfone groups is 1. The van der Waals surface area contributed by atoms with Crippen LogP contribution in [0.5, 0.6) is 5.75 Å². The lowest BCUT2D eigenvalue weighted by atomic mass is 9.86. The molecule has 0 aliphatic carbocycles. The van der Waals surface area contributed by atoms with Gasteiger partial charge in [0.15, 0.2) is 20.7 Å². The molecule has 0 atom stereocenters. The van der Waals surface area contributed by atoms with E-state index in [9.17, 15) is 8.42 Å². The highest BCUT2D eigenvalue weighted by molar-refractivity contribution is 8.07. The zero-order chi connectivity index (χ0) is 28.0. The third kappa shape index (κ3) is 6.75. The quantitative estimate of drug-likeness (QED) is 0.240. The maximum absolute atomic E-state index is 12.6. The van der Waals surface area contributed by atoms with Crippen molar-refractivity contribution in [1.82, 2.24) is 20.2 Å². The van der Waals surface area contributed by atoms with E-state index >= 15 is 0 Å². The number of nitrogens with one attached hydrogen (secondary N) is 4. The molecule has 0 bridgehead atoms. The number of hydrogen-bond acceptors (Lipinski definition) is 10. The van der Waals surface area contributed by atoms with Gasteiger partial charge in [-0.05, 0) is 82.4 Å². The van der Waals surface area contributed by atoms with Crippen molar-refractivity contribution in [2.75, 3.05) is 44.4 Å². The van der Waals surface area contributed by atoms with Gasteiger partial charge in [0, 0.05) is 13.2 Å². The van der Waals surface area contributed by atoms with Crippen LogP contribution in [-0.2, 0) is 9.84 Å².